The highest BCUT2D eigenvalue weighted by Gasteiger charge is 2.16. The quantitative estimate of drug-likeness (QED) is 0.870. The molecule has 0 spiro atoms. The second-order valence-electron chi connectivity index (χ2n) is 3.75. The van der Waals surface area contributed by atoms with E-state index < -0.39 is 17.8 Å². The molecule has 0 aliphatic carbocycles. The van der Waals surface area contributed by atoms with Crippen LogP contribution >= 0.6 is 15.9 Å². The number of hydrogen-bond donors (Lipinski definition) is 2. The topological polar surface area (TPSA) is 69.6 Å². The monoisotopic (exact) mass is 332 g/mol. The maximum atomic E-state index is 13.5. The van der Waals surface area contributed by atoms with E-state index in [4.69, 9.17) is 5.11 Å². The number of nitrogens with one attached hydrogen (secondary N) is 1. The van der Waals surface area contributed by atoms with Crippen molar-refractivity contribution < 1.29 is 19.1 Å². The zero-order valence-electron chi connectivity index (χ0n) is 10.3. The van der Waals surface area contributed by atoms with Crippen molar-refractivity contribution in [2.24, 2.45) is 0 Å². The van der Waals surface area contributed by atoms with E-state index in [-0.39, 0.29) is 18.7 Å². The van der Waals surface area contributed by atoms with Crippen molar-refractivity contribution >= 4 is 33.6 Å². The fourth-order valence-electron chi connectivity index (χ4n) is 1.44. The van der Waals surface area contributed by atoms with Crippen molar-refractivity contribution in [1.29, 1.82) is 0 Å². The molecule has 0 aromatic heterocycles. The Bertz CT molecular complexity index is 462. The van der Waals surface area contributed by atoms with Gasteiger partial charge in [0.05, 0.1) is 12.1 Å². The van der Waals surface area contributed by atoms with Crippen LogP contribution in [-0.2, 0) is 4.79 Å². The lowest BCUT2D eigenvalue weighted by Gasteiger charge is -2.21. The van der Waals surface area contributed by atoms with Gasteiger partial charge in [-0.05, 0) is 35.0 Å². The number of urea groups is 1. The summed E-state index contributed by atoms with van der Waals surface area (Å²) in [5.41, 5.74) is 0.0428. The predicted octanol–water partition coefficient (Wildman–Crippen LogP) is 2.92. The van der Waals surface area contributed by atoms with Gasteiger partial charge in [0.1, 0.15) is 5.82 Å². The molecule has 0 aliphatic heterocycles. The number of carboxylic acids is 1. The lowest BCUT2D eigenvalue weighted by molar-refractivity contribution is -0.137. The number of anilines is 1. The van der Waals surface area contributed by atoms with E-state index in [0.717, 1.165) is 0 Å². The molecule has 19 heavy (non-hydrogen) atoms. The number of carbonyl (C=O) groups is 2. The average Bonchev–Trinajstić information content (AvgIpc) is 2.34. The van der Waals surface area contributed by atoms with Gasteiger partial charge >= 0.3 is 12.0 Å². The summed E-state index contributed by atoms with van der Waals surface area (Å²) in [6.45, 7) is 2.13. The molecule has 0 unspecified atom stereocenters. The van der Waals surface area contributed by atoms with Gasteiger partial charge in [0.2, 0.25) is 0 Å². The molecule has 0 saturated carbocycles. The molecule has 1 rings (SSSR count). The summed E-state index contributed by atoms with van der Waals surface area (Å²) in [5, 5.41) is 11.0. The second-order valence-corrected chi connectivity index (χ2v) is 4.60. The van der Waals surface area contributed by atoms with Crippen LogP contribution in [0.2, 0.25) is 0 Å². The first kappa shape index (κ1) is 15.4. The summed E-state index contributed by atoms with van der Waals surface area (Å²) < 4.78 is 14.0. The minimum Gasteiger partial charge on any atom is -0.481 e. The van der Waals surface area contributed by atoms with Crippen LogP contribution in [0.1, 0.15) is 13.3 Å². The van der Waals surface area contributed by atoms with Crippen LogP contribution in [0.25, 0.3) is 0 Å². The van der Waals surface area contributed by atoms with Crippen molar-refractivity contribution in [2.75, 3.05) is 18.4 Å². The number of carbonyl (C=O) groups excluding carboxylic acids is 1. The van der Waals surface area contributed by atoms with E-state index in [2.05, 4.69) is 21.2 Å². The third kappa shape index (κ3) is 4.51. The number of amides is 2. The third-order valence-corrected chi connectivity index (χ3v) is 3.12. The smallest absolute Gasteiger partial charge is 0.321 e. The molecule has 5 nitrogen and oxygen atoms in total. The van der Waals surface area contributed by atoms with Gasteiger partial charge in [-0.1, -0.05) is 6.07 Å². The van der Waals surface area contributed by atoms with E-state index in [0.29, 0.717) is 11.0 Å². The molecule has 0 atom stereocenters. The van der Waals surface area contributed by atoms with Crippen LogP contribution in [0.3, 0.4) is 0 Å². The van der Waals surface area contributed by atoms with Gasteiger partial charge in [-0.25, -0.2) is 9.18 Å². The minimum absolute atomic E-state index is 0.0428. The molecule has 0 bridgehead atoms. The Labute approximate surface area is 118 Å². The Morgan fingerprint density at radius 1 is 1.47 bits per heavy atom. The summed E-state index contributed by atoms with van der Waals surface area (Å²) in [6.07, 6.45) is -0.153. The second kappa shape index (κ2) is 7.08. The summed E-state index contributed by atoms with van der Waals surface area (Å²) in [5.74, 6) is -1.55. The summed E-state index contributed by atoms with van der Waals surface area (Å²) in [6, 6.07) is 3.81. The van der Waals surface area contributed by atoms with Crippen molar-refractivity contribution in [3.05, 3.63) is 28.5 Å². The van der Waals surface area contributed by atoms with Crippen LogP contribution in [0, 0.1) is 5.82 Å². The van der Waals surface area contributed by atoms with Gasteiger partial charge in [-0.15, -0.1) is 0 Å². The lowest BCUT2D eigenvalue weighted by atomic mass is 10.3. The number of nitrogens with zero attached hydrogens (tertiary/aromatic N) is 1. The fourth-order valence-corrected chi connectivity index (χ4v) is 1.88. The highest BCUT2D eigenvalue weighted by Crippen LogP contribution is 2.25. The number of rotatable bonds is 5. The maximum absolute atomic E-state index is 13.5. The summed E-state index contributed by atoms with van der Waals surface area (Å²) in [7, 11) is 0. The number of aliphatic carboxylic acids is 1. The third-order valence-electron chi connectivity index (χ3n) is 2.46. The number of halogens is 2. The van der Waals surface area contributed by atoms with Gasteiger partial charge in [-0.2, -0.15) is 0 Å². The molecule has 1 aromatic carbocycles. The molecule has 1 aromatic rings. The number of hydrogen-bond acceptors (Lipinski definition) is 2. The van der Waals surface area contributed by atoms with Gasteiger partial charge in [0.25, 0.3) is 0 Å². The first-order chi connectivity index (χ1) is 8.95. The van der Waals surface area contributed by atoms with E-state index in [1.54, 1.807) is 13.0 Å². The SMILES string of the molecule is CCN(CCC(=O)O)C(=O)Nc1c(F)cccc1Br. The fraction of sp³-hybridized carbons (Fsp3) is 0.333. The molecular formula is C12H14BrFN2O3. The molecule has 0 fully saturated rings. The average molecular weight is 333 g/mol. The van der Waals surface area contributed by atoms with Crippen molar-refractivity contribution in [3.8, 4) is 0 Å². The zero-order valence-corrected chi connectivity index (χ0v) is 11.9. The molecule has 7 heteroatoms. The Morgan fingerprint density at radius 3 is 2.68 bits per heavy atom. The highest BCUT2D eigenvalue weighted by molar-refractivity contribution is 9.10. The van der Waals surface area contributed by atoms with Gasteiger partial charge in [0, 0.05) is 17.6 Å². The first-order valence-electron chi connectivity index (χ1n) is 5.67. The Balaban J connectivity index is 2.74. The number of benzene rings is 1. The Morgan fingerprint density at radius 2 is 2.16 bits per heavy atom. The first-order valence-corrected chi connectivity index (χ1v) is 6.46. The molecule has 2 N–H and O–H groups in total. The molecule has 104 valence electrons. The van der Waals surface area contributed by atoms with Crippen molar-refractivity contribution in [1.82, 2.24) is 4.90 Å². The van der Waals surface area contributed by atoms with Crippen LogP contribution < -0.4 is 5.32 Å². The standard InChI is InChI=1S/C12H14BrFN2O3/c1-2-16(7-6-10(17)18)12(19)15-11-8(13)4-3-5-9(11)14/h3-5H,2,6-7H2,1H3,(H,15,19)(H,17,18). The van der Waals surface area contributed by atoms with E-state index >= 15 is 0 Å². The summed E-state index contributed by atoms with van der Waals surface area (Å²) >= 11 is 3.14. The molecule has 0 saturated heterocycles. The normalized spacial score (nSPS) is 10.1. The molecule has 2 amide bonds. The Kier molecular flexibility index (Phi) is 5.75. The zero-order chi connectivity index (χ0) is 14.4. The van der Waals surface area contributed by atoms with Crippen LogP contribution in [-0.4, -0.2) is 35.1 Å². The molecule has 0 radical (unpaired) electrons. The predicted molar refractivity (Wildman–Crippen MR) is 72.6 cm³/mol. The minimum atomic E-state index is -0.988. The maximum Gasteiger partial charge on any atom is 0.321 e. The van der Waals surface area contributed by atoms with Gasteiger partial charge in [-0.3, -0.25) is 4.79 Å². The number of carboxylic acid groups (broad SMARTS) is 1. The number of para-hydroxylation sites is 1. The Hall–Kier alpha value is -1.63. The largest absolute Gasteiger partial charge is 0.481 e. The van der Waals surface area contributed by atoms with Crippen LogP contribution in [0.5, 0.6) is 0 Å². The van der Waals surface area contributed by atoms with Crippen molar-refractivity contribution in [2.45, 2.75) is 13.3 Å². The van der Waals surface area contributed by atoms with Crippen molar-refractivity contribution in [3.63, 3.8) is 0 Å². The summed E-state index contributed by atoms with van der Waals surface area (Å²) in [4.78, 5) is 23.7. The molecule has 0 aliphatic rings. The van der Waals surface area contributed by atoms with E-state index in [9.17, 15) is 14.0 Å². The van der Waals surface area contributed by atoms with Crippen LogP contribution in [0.15, 0.2) is 22.7 Å². The van der Waals surface area contributed by atoms with Gasteiger partial charge < -0.3 is 15.3 Å². The van der Waals surface area contributed by atoms with E-state index in [1.807, 2.05) is 0 Å². The van der Waals surface area contributed by atoms with E-state index in [1.165, 1.54) is 17.0 Å². The lowest BCUT2D eigenvalue weighted by Crippen LogP contribution is -2.36. The van der Waals surface area contributed by atoms with Crippen LogP contribution in [0.4, 0.5) is 14.9 Å². The van der Waals surface area contributed by atoms with Gasteiger partial charge in [0.15, 0.2) is 0 Å². The molecular weight excluding hydrogens is 319 g/mol. The highest BCUT2D eigenvalue weighted by atomic mass is 79.9. The molecule has 0 heterocycles.